The monoisotopic (exact) mass is 218 g/mol. The Morgan fingerprint density at radius 3 is 2.73 bits per heavy atom. The number of hydrogen-bond donors (Lipinski definition) is 1. The van der Waals surface area contributed by atoms with Crippen LogP contribution in [0.5, 0.6) is 0 Å². The van der Waals surface area contributed by atoms with Gasteiger partial charge in [-0.25, -0.2) is 4.98 Å². The van der Waals surface area contributed by atoms with Crippen LogP contribution in [-0.4, -0.2) is 4.98 Å². The largest absolute Gasteiger partial charge is 0.399 e. The Morgan fingerprint density at radius 2 is 2.13 bits per heavy atom. The molecule has 2 N–H and O–H groups in total. The Kier molecular flexibility index (Phi) is 2.73. The van der Waals surface area contributed by atoms with Crippen LogP contribution in [0.4, 0.5) is 5.69 Å². The summed E-state index contributed by atoms with van der Waals surface area (Å²) in [6.07, 6.45) is 0.961. The van der Waals surface area contributed by atoms with Gasteiger partial charge in [0.2, 0.25) is 0 Å². The van der Waals surface area contributed by atoms with Crippen molar-refractivity contribution in [2.24, 2.45) is 0 Å². The first-order chi connectivity index (χ1) is 7.16. The van der Waals surface area contributed by atoms with Crippen molar-refractivity contribution in [3.05, 3.63) is 45.4 Å². The highest BCUT2D eigenvalue weighted by molar-refractivity contribution is 7.09. The maximum atomic E-state index is 5.72. The fourth-order valence-corrected chi connectivity index (χ4v) is 2.39. The number of benzene rings is 1. The van der Waals surface area contributed by atoms with E-state index in [0.717, 1.165) is 17.8 Å². The van der Waals surface area contributed by atoms with Gasteiger partial charge in [-0.1, -0.05) is 6.07 Å². The Labute approximate surface area is 93.8 Å². The highest BCUT2D eigenvalue weighted by Gasteiger charge is 2.05. The molecule has 1 aromatic carbocycles. The van der Waals surface area contributed by atoms with Crippen LogP contribution >= 0.6 is 11.3 Å². The fraction of sp³-hybridized carbons (Fsp3) is 0.250. The first-order valence-corrected chi connectivity index (χ1v) is 5.79. The van der Waals surface area contributed by atoms with Gasteiger partial charge in [0.25, 0.3) is 0 Å². The summed E-state index contributed by atoms with van der Waals surface area (Å²) in [6, 6.07) is 6.08. The van der Waals surface area contributed by atoms with Crippen LogP contribution in [0, 0.1) is 13.8 Å². The molecule has 0 aliphatic rings. The first-order valence-electron chi connectivity index (χ1n) is 4.91. The molecule has 0 atom stereocenters. The Hall–Kier alpha value is -1.35. The van der Waals surface area contributed by atoms with Crippen molar-refractivity contribution >= 4 is 17.0 Å². The van der Waals surface area contributed by atoms with Crippen molar-refractivity contribution in [2.45, 2.75) is 20.3 Å². The molecule has 0 bridgehead atoms. The van der Waals surface area contributed by atoms with Crippen LogP contribution in [0.3, 0.4) is 0 Å². The molecule has 1 aromatic heterocycles. The number of nitrogen functional groups attached to an aromatic ring is 1. The van der Waals surface area contributed by atoms with E-state index in [-0.39, 0.29) is 0 Å². The average molecular weight is 218 g/mol. The van der Waals surface area contributed by atoms with Gasteiger partial charge in [-0.3, -0.25) is 0 Å². The van der Waals surface area contributed by atoms with Crippen LogP contribution < -0.4 is 5.73 Å². The van der Waals surface area contributed by atoms with Crippen molar-refractivity contribution in [1.29, 1.82) is 0 Å². The number of rotatable bonds is 2. The topological polar surface area (TPSA) is 38.9 Å². The SMILES string of the molecule is Cc1cc(N)ccc1Cc1scnc1C. The molecule has 0 aliphatic heterocycles. The van der Waals surface area contributed by atoms with E-state index < -0.39 is 0 Å². The van der Waals surface area contributed by atoms with Crippen LogP contribution in [0.2, 0.25) is 0 Å². The summed E-state index contributed by atoms with van der Waals surface area (Å²) in [5.41, 5.74) is 12.2. The minimum absolute atomic E-state index is 0.831. The van der Waals surface area contributed by atoms with Crippen LogP contribution in [0.15, 0.2) is 23.7 Å². The molecule has 15 heavy (non-hydrogen) atoms. The zero-order valence-corrected chi connectivity index (χ0v) is 9.77. The molecule has 0 saturated carbocycles. The number of aromatic nitrogens is 1. The van der Waals surface area contributed by atoms with Gasteiger partial charge in [0.15, 0.2) is 0 Å². The molecule has 1 heterocycles. The molecule has 0 fully saturated rings. The minimum atomic E-state index is 0.831. The van der Waals surface area contributed by atoms with Crippen molar-refractivity contribution in [3.8, 4) is 0 Å². The van der Waals surface area contributed by atoms with E-state index in [0.29, 0.717) is 0 Å². The molecule has 0 radical (unpaired) electrons. The van der Waals surface area contributed by atoms with E-state index in [2.05, 4.69) is 24.9 Å². The molecule has 2 aromatic rings. The van der Waals surface area contributed by atoms with Gasteiger partial charge in [0.05, 0.1) is 11.2 Å². The molecule has 0 aliphatic carbocycles. The normalized spacial score (nSPS) is 10.5. The lowest BCUT2D eigenvalue weighted by Gasteiger charge is -2.05. The van der Waals surface area contributed by atoms with Gasteiger partial charge in [-0.15, -0.1) is 11.3 Å². The highest BCUT2D eigenvalue weighted by Crippen LogP contribution is 2.20. The Balaban J connectivity index is 2.29. The third-order valence-electron chi connectivity index (χ3n) is 2.56. The van der Waals surface area contributed by atoms with Crippen molar-refractivity contribution < 1.29 is 0 Å². The summed E-state index contributed by atoms with van der Waals surface area (Å²) >= 11 is 1.71. The molecule has 3 heteroatoms. The summed E-state index contributed by atoms with van der Waals surface area (Å²) in [7, 11) is 0. The third kappa shape index (κ3) is 2.18. The summed E-state index contributed by atoms with van der Waals surface area (Å²) < 4.78 is 0. The van der Waals surface area contributed by atoms with Crippen molar-refractivity contribution in [1.82, 2.24) is 4.98 Å². The first kappa shape index (κ1) is 10.2. The van der Waals surface area contributed by atoms with Gasteiger partial charge in [0.1, 0.15) is 0 Å². The molecular formula is C12H14N2S. The van der Waals surface area contributed by atoms with Crippen LogP contribution in [-0.2, 0) is 6.42 Å². The van der Waals surface area contributed by atoms with Gasteiger partial charge >= 0.3 is 0 Å². The number of anilines is 1. The second-order valence-electron chi connectivity index (χ2n) is 3.72. The van der Waals surface area contributed by atoms with Gasteiger partial charge < -0.3 is 5.73 Å². The lowest BCUT2D eigenvalue weighted by atomic mass is 10.0. The standard InChI is InChI=1S/C12H14N2S/c1-8-5-11(13)4-3-10(8)6-12-9(2)14-7-15-12/h3-5,7H,6,13H2,1-2H3. The molecular weight excluding hydrogens is 204 g/mol. The minimum Gasteiger partial charge on any atom is -0.399 e. The highest BCUT2D eigenvalue weighted by atomic mass is 32.1. The molecule has 0 unspecified atom stereocenters. The molecule has 0 amide bonds. The molecule has 0 spiro atoms. The summed E-state index contributed by atoms with van der Waals surface area (Å²) in [5, 5.41) is 0. The Morgan fingerprint density at radius 1 is 1.33 bits per heavy atom. The lowest BCUT2D eigenvalue weighted by Crippen LogP contribution is -1.93. The predicted octanol–water partition coefficient (Wildman–Crippen LogP) is 2.93. The quantitative estimate of drug-likeness (QED) is 0.787. The second-order valence-corrected chi connectivity index (χ2v) is 4.66. The number of thiazole rings is 1. The number of nitrogens with zero attached hydrogens (tertiary/aromatic N) is 1. The zero-order chi connectivity index (χ0) is 10.8. The smallest absolute Gasteiger partial charge is 0.0797 e. The van der Waals surface area contributed by atoms with E-state index in [9.17, 15) is 0 Å². The maximum absolute atomic E-state index is 5.72. The van der Waals surface area contributed by atoms with Gasteiger partial charge in [-0.05, 0) is 37.1 Å². The van der Waals surface area contributed by atoms with Gasteiger partial charge in [-0.2, -0.15) is 0 Å². The lowest BCUT2D eigenvalue weighted by molar-refractivity contribution is 1.13. The van der Waals surface area contributed by atoms with Crippen molar-refractivity contribution in [3.63, 3.8) is 0 Å². The van der Waals surface area contributed by atoms with E-state index in [1.165, 1.54) is 16.0 Å². The van der Waals surface area contributed by atoms with E-state index >= 15 is 0 Å². The summed E-state index contributed by atoms with van der Waals surface area (Å²) in [6.45, 7) is 4.15. The third-order valence-corrected chi connectivity index (χ3v) is 3.50. The Bertz CT molecular complexity index is 474. The zero-order valence-electron chi connectivity index (χ0n) is 8.95. The molecule has 0 saturated heterocycles. The second kappa shape index (κ2) is 4.03. The number of aryl methyl sites for hydroxylation is 2. The van der Waals surface area contributed by atoms with Crippen molar-refractivity contribution in [2.75, 3.05) is 5.73 Å². The van der Waals surface area contributed by atoms with Crippen LogP contribution in [0.1, 0.15) is 21.7 Å². The van der Waals surface area contributed by atoms with Gasteiger partial charge in [0, 0.05) is 17.0 Å². The number of hydrogen-bond acceptors (Lipinski definition) is 3. The molecule has 78 valence electrons. The summed E-state index contributed by atoms with van der Waals surface area (Å²) in [5.74, 6) is 0. The summed E-state index contributed by atoms with van der Waals surface area (Å²) in [4.78, 5) is 5.59. The van der Waals surface area contributed by atoms with E-state index in [1.807, 2.05) is 17.6 Å². The van der Waals surface area contributed by atoms with E-state index in [1.54, 1.807) is 11.3 Å². The molecule has 2 nitrogen and oxygen atoms in total. The predicted molar refractivity (Wildman–Crippen MR) is 65.2 cm³/mol. The fourth-order valence-electron chi connectivity index (χ4n) is 1.59. The maximum Gasteiger partial charge on any atom is 0.0797 e. The number of nitrogens with two attached hydrogens (primary N) is 1. The van der Waals surface area contributed by atoms with Crippen LogP contribution in [0.25, 0.3) is 0 Å². The average Bonchev–Trinajstić information content (AvgIpc) is 2.57. The molecule has 2 rings (SSSR count). The van der Waals surface area contributed by atoms with E-state index in [4.69, 9.17) is 5.73 Å².